The van der Waals surface area contributed by atoms with Crippen molar-refractivity contribution in [1.82, 2.24) is 4.98 Å². The topological polar surface area (TPSA) is 42.4 Å². The number of morpholine rings is 1. The van der Waals surface area contributed by atoms with Gasteiger partial charge < -0.3 is 9.64 Å². The Bertz CT molecular complexity index is 1060. The number of rotatable bonds is 2. The fraction of sp³-hybridized carbons (Fsp3) is 0.217. The zero-order valence-electron chi connectivity index (χ0n) is 15.0. The Hall–Kier alpha value is -2.98. The number of carbonyl (C=O) groups excluding carboxylic acids is 1. The van der Waals surface area contributed by atoms with E-state index >= 15 is 0 Å². The Labute approximate surface area is 158 Å². The van der Waals surface area contributed by atoms with Crippen LogP contribution in [-0.2, 0) is 11.2 Å². The minimum Gasteiger partial charge on any atom is -0.378 e. The van der Waals surface area contributed by atoms with E-state index in [2.05, 4.69) is 17.0 Å². The average molecular weight is 356 g/mol. The Kier molecular flexibility index (Phi) is 3.98. The number of hydrogen-bond donors (Lipinski definition) is 0. The first-order chi connectivity index (χ1) is 13.3. The number of benzene rings is 2. The Balaban J connectivity index is 1.62. The Morgan fingerprint density at radius 1 is 1.00 bits per heavy atom. The third-order valence-electron chi connectivity index (χ3n) is 5.31. The average Bonchev–Trinajstić information content (AvgIpc) is 3.04. The highest BCUT2D eigenvalue weighted by atomic mass is 16.5. The number of para-hydroxylation sites is 1. The highest BCUT2D eigenvalue weighted by Gasteiger charge is 2.25. The van der Waals surface area contributed by atoms with Gasteiger partial charge in [-0.25, -0.2) is 4.98 Å². The number of Topliss-reactive ketones (excluding diaryl/α,β-unsaturated/α-hetero) is 1. The van der Waals surface area contributed by atoms with Crippen LogP contribution in [0.25, 0.3) is 17.0 Å². The van der Waals surface area contributed by atoms with Gasteiger partial charge in [0.2, 0.25) is 0 Å². The summed E-state index contributed by atoms with van der Waals surface area (Å²) in [4.78, 5) is 20.0. The maximum atomic E-state index is 12.8. The molecule has 1 fully saturated rings. The lowest BCUT2D eigenvalue weighted by Gasteiger charge is -2.29. The summed E-state index contributed by atoms with van der Waals surface area (Å²) in [6.07, 6.45) is 2.72. The van der Waals surface area contributed by atoms with Gasteiger partial charge >= 0.3 is 0 Å². The maximum absolute atomic E-state index is 12.8. The zero-order chi connectivity index (χ0) is 18.2. The number of aromatic nitrogens is 1. The first kappa shape index (κ1) is 16.2. The van der Waals surface area contributed by atoms with Gasteiger partial charge in [0.25, 0.3) is 0 Å². The van der Waals surface area contributed by atoms with Gasteiger partial charge in [0.15, 0.2) is 5.78 Å². The molecular formula is C23H20N2O2. The van der Waals surface area contributed by atoms with Gasteiger partial charge in [-0.1, -0.05) is 42.5 Å². The lowest BCUT2D eigenvalue weighted by molar-refractivity contribution is 0.104. The zero-order valence-corrected chi connectivity index (χ0v) is 15.0. The number of nitrogens with zero attached hydrogens (tertiary/aromatic N) is 2. The number of ether oxygens (including phenoxy) is 1. The van der Waals surface area contributed by atoms with Crippen LogP contribution in [0.4, 0.5) is 5.82 Å². The molecule has 0 radical (unpaired) electrons. The summed E-state index contributed by atoms with van der Waals surface area (Å²) in [5.41, 5.74) is 4.75. The normalized spacial score (nSPS) is 18.3. The smallest absolute Gasteiger partial charge is 0.189 e. The van der Waals surface area contributed by atoms with Crippen LogP contribution in [0.2, 0.25) is 0 Å². The fourth-order valence-corrected chi connectivity index (χ4v) is 3.92. The van der Waals surface area contributed by atoms with Crippen molar-refractivity contribution in [1.29, 1.82) is 0 Å². The number of fused-ring (bicyclic) bond motifs is 2. The van der Waals surface area contributed by atoms with Gasteiger partial charge in [-0.2, -0.15) is 0 Å². The molecule has 0 saturated carbocycles. The molecule has 2 aliphatic rings. The summed E-state index contributed by atoms with van der Waals surface area (Å²) in [5.74, 6) is 1.07. The number of anilines is 1. The third kappa shape index (κ3) is 2.92. The Morgan fingerprint density at radius 3 is 2.63 bits per heavy atom. The summed E-state index contributed by atoms with van der Waals surface area (Å²) in [5, 5.41) is 1.09. The van der Waals surface area contributed by atoms with Gasteiger partial charge in [0.1, 0.15) is 5.82 Å². The highest BCUT2D eigenvalue weighted by molar-refractivity contribution is 6.15. The molecule has 0 atom stereocenters. The van der Waals surface area contributed by atoms with Gasteiger partial charge in [-0.05, 0) is 23.8 Å². The van der Waals surface area contributed by atoms with E-state index in [1.165, 1.54) is 0 Å². The van der Waals surface area contributed by atoms with E-state index in [4.69, 9.17) is 9.72 Å². The number of carbonyl (C=O) groups is 1. The van der Waals surface area contributed by atoms with Crippen molar-refractivity contribution in [2.75, 3.05) is 31.2 Å². The summed E-state index contributed by atoms with van der Waals surface area (Å²) in [6, 6.07) is 18.2. The molecular weight excluding hydrogens is 336 g/mol. The molecule has 1 aliphatic carbocycles. The van der Waals surface area contributed by atoms with Crippen LogP contribution in [0.1, 0.15) is 21.5 Å². The molecule has 0 unspecified atom stereocenters. The van der Waals surface area contributed by atoms with Crippen LogP contribution in [0, 0.1) is 0 Å². The second-order valence-electron chi connectivity index (χ2n) is 7.03. The molecule has 1 saturated heterocycles. The molecule has 1 aliphatic heterocycles. The third-order valence-corrected chi connectivity index (χ3v) is 5.31. The van der Waals surface area contributed by atoms with Crippen LogP contribution >= 0.6 is 0 Å². The molecule has 0 bridgehead atoms. The molecule has 2 heterocycles. The lowest BCUT2D eigenvalue weighted by Crippen LogP contribution is -2.37. The van der Waals surface area contributed by atoms with E-state index in [0.717, 1.165) is 52.1 Å². The van der Waals surface area contributed by atoms with Gasteiger partial charge in [-0.15, -0.1) is 0 Å². The van der Waals surface area contributed by atoms with Crippen LogP contribution in [0.3, 0.4) is 0 Å². The van der Waals surface area contributed by atoms with Crippen LogP contribution in [0.5, 0.6) is 0 Å². The molecule has 5 rings (SSSR count). The molecule has 1 aromatic heterocycles. The number of pyridine rings is 1. The first-order valence-electron chi connectivity index (χ1n) is 9.35. The van der Waals surface area contributed by atoms with Crippen molar-refractivity contribution in [2.45, 2.75) is 6.42 Å². The first-order valence-corrected chi connectivity index (χ1v) is 9.35. The van der Waals surface area contributed by atoms with Crippen molar-refractivity contribution >= 4 is 28.6 Å². The molecule has 3 aromatic rings. The number of allylic oxidation sites excluding steroid dienone is 1. The van der Waals surface area contributed by atoms with Crippen molar-refractivity contribution in [3.8, 4) is 0 Å². The molecule has 0 spiro atoms. The van der Waals surface area contributed by atoms with Crippen molar-refractivity contribution < 1.29 is 9.53 Å². The van der Waals surface area contributed by atoms with Crippen LogP contribution in [0.15, 0.2) is 60.2 Å². The molecule has 134 valence electrons. The number of hydrogen-bond acceptors (Lipinski definition) is 4. The maximum Gasteiger partial charge on any atom is 0.189 e. The van der Waals surface area contributed by atoms with Crippen molar-refractivity contribution in [3.05, 3.63) is 76.9 Å². The van der Waals surface area contributed by atoms with Crippen molar-refractivity contribution in [3.63, 3.8) is 0 Å². The van der Waals surface area contributed by atoms with E-state index in [9.17, 15) is 4.79 Å². The van der Waals surface area contributed by atoms with E-state index < -0.39 is 0 Å². The lowest BCUT2D eigenvalue weighted by atomic mass is 10.1. The standard InChI is InChI=1S/C23H20N2O2/c26-22-18(13-16-5-1-3-7-20(16)22)15-19-14-17-6-2-4-8-21(17)24-23(19)25-9-11-27-12-10-25/h1-8,14-15H,9-13H2/b18-15-. The molecule has 2 aromatic carbocycles. The second-order valence-corrected chi connectivity index (χ2v) is 7.03. The molecule has 27 heavy (non-hydrogen) atoms. The SMILES string of the molecule is O=C1/C(=C\c2cc3ccccc3nc2N2CCOCC2)Cc2ccccc21. The molecule has 0 amide bonds. The second kappa shape index (κ2) is 6.63. The number of ketones is 1. The van der Waals surface area contributed by atoms with Crippen molar-refractivity contribution in [2.24, 2.45) is 0 Å². The van der Waals surface area contributed by atoms with E-state index in [1.807, 2.05) is 48.5 Å². The summed E-state index contributed by atoms with van der Waals surface area (Å²) < 4.78 is 5.50. The monoisotopic (exact) mass is 356 g/mol. The molecule has 0 N–H and O–H groups in total. The van der Waals surface area contributed by atoms with Crippen LogP contribution < -0.4 is 4.90 Å². The van der Waals surface area contributed by atoms with Gasteiger partial charge in [0, 0.05) is 41.6 Å². The van der Waals surface area contributed by atoms with Crippen LogP contribution in [-0.4, -0.2) is 37.1 Å². The fourth-order valence-electron chi connectivity index (χ4n) is 3.92. The Morgan fingerprint density at radius 2 is 1.78 bits per heavy atom. The van der Waals surface area contributed by atoms with E-state index in [-0.39, 0.29) is 5.78 Å². The minimum atomic E-state index is 0.131. The van der Waals surface area contributed by atoms with E-state index in [1.54, 1.807) is 0 Å². The van der Waals surface area contributed by atoms with Gasteiger partial charge in [0.05, 0.1) is 18.7 Å². The van der Waals surface area contributed by atoms with Gasteiger partial charge in [-0.3, -0.25) is 4.79 Å². The quantitative estimate of drug-likeness (QED) is 0.653. The summed E-state index contributed by atoms with van der Waals surface area (Å²) >= 11 is 0. The minimum absolute atomic E-state index is 0.131. The summed E-state index contributed by atoms with van der Waals surface area (Å²) in [7, 11) is 0. The summed E-state index contributed by atoms with van der Waals surface area (Å²) in [6.45, 7) is 3.04. The van der Waals surface area contributed by atoms with E-state index in [0.29, 0.717) is 19.6 Å². The molecule has 4 heteroatoms. The predicted octanol–water partition coefficient (Wildman–Crippen LogP) is 3.89. The predicted molar refractivity (Wildman–Crippen MR) is 107 cm³/mol. The highest BCUT2D eigenvalue weighted by Crippen LogP contribution is 2.31. The molecule has 4 nitrogen and oxygen atoms in total. The largest absolute Gasteiger partial charge is 0.378 e.